The molecule has 0 radical (unpaired) electrons. The Morgan fingerprint density at radius 3 is 2.53 bits per heavy atom. The number of carbonyl (C=O) groups is 3. The van der Waals surface area contributed by atoms with Crippen LogP contribution in [0.1, 0.15) is 31.9 Å². The summed E-state index contributed by atoms with van der Waals surface area (Å²) in [7, 11) is 3.09. The van der Waals surface area contributed by atoms with E-state index >= 15 is 0 Å². The third-order valence-electron chi connectivity index (χ3n) is 5.95. The number of amides is 3. The van der Waals surface area contributed by atoms with Crippen molar-refractivity contribution >= 4 is 24.0 Å². The van der Waals surface area contributed by atoms with Gasteiger partial charge in [-0.15, -0.1) is 0 Å². The van der Waals surface area contributed by atoms with Crippen molar-refractivity contribution in [2.24, 2.45) is 0 Å². The fraction of sp³-hybridized carbons (Fsp3) is 0.400. The van der Waals surface area contributed by atoms with Crippen molar-refractivity contribution in [3.63, 3.8) is 0 Å². The molecule has 2 aliphatic heterocycles. The third-order valence-corrected chi connectivity index (χ3v) is 5.95. The summed E-state index contributed by atoms with van der Waals surface area (Å²) in [5.74, 6) is -0.244. The van der Waals surface area contributed by atoms with Crippen LogP contribution in [0.2, 0.25) is 0 Å². The number of benzene rings is 2. The van der Waals surface area contributed by atoms with Crippen molar-refractivity contribution < 1.29 is 33.0 Å². The van der Waals surface area contributed by atoms with Crippen LogP contribution < -0.4 is 15.2 Å². The van der Waals surface area contributed by atoms with Gasteiger partial charge < -0.3 is 29.7 Å². The molecule has 1 spiro atoms. The van der Waals surface area contributed by atoms with Crippen molar-refractivity contribution in [3.05, 3.63) is 53.3 Å². The molecule has 0 bridgehead atoms. The first kappa shape index (κ1) is 25.1. The Balaban J connectivity index is 1.70. The zero-order valence-electron chi connectivity index (χ0n) is 20.8. The van der Waals surface area contributed by atoms with Crippen LogP contribution >= 0.6 is 0 Å². The Kier molecular flexibility index (Phi) is 6.19. The van der Waals surface area contributed by atoms with Gasteiger partial charge in [0.25, 0.3) is 0 Å². The van der Waals surface area contributed by atoms with Crippen molar-refractivity contribution in [1.29, 1.82) is 0 Å². The molecule has 36 heavy (non-hydrogen) atoms. The van der Waals surface area contributed by atoms with Crippen LogP contribution in [0.3, 0.4) is 0 Å². The summed E-state index contributed by atoms with van der Waals surface area (Å²) in [4.78, 5) is 42.0. The van der Waals surface area contributed by atoms with Gasteiger partial charge in [-0.3, -0.25) is 4.90 Å². The molecule has 10 nitrogen and oxygen atoms in total. The number of likely N-dealkylation sites (tertiary alicyclic amines) is 1. The number of rotatable bonds is 3. The number of hydrogen-bond acceptors (Lipinski definition) is 7. The maximum absolute atomic E-state index is 14.7. The molecular formula is C25H29FN4O6. The second kappa shape index (κ2) is 8.89. The van der Waals surface area contributed by atoms with Crippen molar-refractivity contribution in [2.75, 3.05) is 32.9 Å². The normalized spacial score (nSPS) is 16.1. The van der Waals surface area contributed by atoms with E-state index < -0.39 is 35.2 Å². The van der Waals surface area contributed by atoms with Crippen molar-refractivity contribution in [3.8, 4) is 11.5 Å². The van der Waals surface area contributed by atoms with Gasteiger partial charge in [0.1, 0.15) is 22.6 Å². The van der Waals surface area contributed by atoms with Gasteiger partial charge in [-0.05, 0) is 39.0 Å². The number of anilines is 1. The summed E-state index contributed by atoms with van der Waals surface area (Å²) < 4.78 is 31.1. The molecule has 2 N–H and O–H groups in total. The molecule has 0 unspecified atom stereocenters. The first-order valence-electron chi connectivity index (χ1n) is 11.3. The second-order valence-electron chi connectivity index (χ2n) is 10.1. The van der Waals surface area contributed by atoms with E-state index in [9.17, 15) is 18.8 Å². The highest BCUT2D eigenvalue weighted by molar-refractivity contribution is 5.79. The SMILES string of the molecule is CN(C)C(=O)Oc1ccc2c(c1)OC(=O)N(Cc1cccc(N)c1F)C21CN(C(=O)OC(C)(C)C)C1. The first-order valence-corrected chi connectivity index (χ1v) is 11.3. The lowest BCUT2D eigenvalue weighted by Gasteiger charge is -2.56. The van der Waals surface area contributed by atoms with E-state index in [1.54, 1.807) is 53.1 Å². The van der Waals surface area contributed by atoms with Crippen LogP contribution in [0.15, 0.2) is 36.4 Å². The predicted octanol–water partition coefficient (Wildman–Crippen LogP) is 3.93. The molecule has 0 saturated carbocycles. The van der Waals surface area contributed by atoms with Gasteiger partial charge in [0.15, 0.2) is 5.82 Å². The average Bonchev–Trinajstić information content (AvgIpc) is 2.74. The number of nitrogens with zero attached hydrogens (tertiary/aromatic N) is 3. The highest BCUT2D eigenvalue weighted by atomic mass is 19.1. The van der Waals surface area contributed by atoms with Gasteiger partial charge in [-0.1, -0.05) is 12.1 Å². The predicted molar refractivity (Wildman–Crippen MR) is 128 cm³/mol. The highest BCUT2D eigenvalue weighted by Crippen LogP contribution is 2.48. The molecule has 4 rings (SSSR count). The average molecular weight is 501 g/mol. The van der Waals surface area contributed by atoms with Crippen molar-refractivity contribution in [1.82, 2.24) is 14.7 Å². The minimum atomic E-state index is -1.01. The van der Waals surface area contributed by atoms with Crippen molar-refractivity contribution in [2.45, 2.75) is 38.5 Å². The number of nitrogens with two attached hydrogens (primary N) is 1. The van der Waals surface area contributed by atoms with Crippen LogP contribution in [0.5, 0.6) is 11.5 Å². The second-order valence-corrected chi connectivity index (χ2v) is 10.1. The van der Waals surface area contributed by atoms with E-state index in [1.807, 2.05) is 0 Å². The van der Waals surface area contributed by atoms with E-state index in [0.29, 0.717) is 5.56 Å². The van der Waals surface area contributed by atoms with Gasteiger partial charge in [0, 0.05) is 31.3 Å². The summed E-state index contributed by atoms with van der Waals surface area (Å²) in [5, 5.41) is 0. The number of fused-ring (bicyclic) bond motifs is 2. The van der Waals surface area contributed by atoms with E-state index in [0.717, 1.165) is 0 Å². The molecule has 3 amide bonds. The smallest absolute Gasteiger partial charge is 0.416 e. The highest BCUT2D eigenvalue weighted by Gasteiger charge is 2.57. The summed E-state index contributed by atoms with van der Waals surface area (Å²) in [6.45, 7) is 5.36. The van der Waals surface area contributed by atoms with Gasteiger partial charge in [-0.25, -0.2) is 18.8 Å². The quantitative estimate of drug-likeness (QED) is 0.635. The molecule has 2 aromatic rings. The number of nitrogen functional groups attached to an aromatic ring is 1. The summed E-state index contributed by atoms with van der Waals surface area (Å²) in [6, 6.07) is 9.28. The third kappa shape index (κ3) is 4.60. The summed E-state index contributed by atoms with van der Waals surface area (Å²) in [5.41, 5.74) is 4.78. The molecule has 2 aliphatic rings. The Hall–Kier alpha value is -4.02. The largest absolute Gasteiger partial charge is 0.444 e. The number of hydrogen-bond donors (Lipinski definition) is 1. The lowest BCUT2D eigenvalue weighted by atomic mass is 9.79. The Bertz CT molecular complexity index is 1220. The van der Waals surface area contributed by atoms with E-state index in [-0.39, 0.29) is 42.4 Å². The standard InChI is InChI=1S/C25H29FN4O6/c1-24(2,3)36-22(32)29-13-25(14-29)17-10-9-16(34-21(31)28(4)5)11-19(17)35-23(33)30(25)12-15-7-6-8-18(27)20(15)26/h6-11H,12-14,27H2,1-5H3. The molecule has 0 atom stereocenters. The van der Waals surface area contributed by atoms with E-state index in [4.69, 9.17) is 19.9 Å². The fourth-order valence-electron chi connectivity index (χ4n) is 4.19. The number of halogens is 1. The molecule has 192 valence electrons. The van der Waals surface area contributed by atoms with E-state index in [2.05, 4.69) is 0 Å². The first-order chi connectivity index (χ1) is 16.8. The monoisotopic (exact) mass is 500 g/mol. The molecule has 0 aliphatic carbocycles. The maximum atomic E-state index is 14.7. The molecule has 2 aromatic carbocycles. The molecular weight excluding hydrogens is 471 g/mol. The molecule has 11 heteroatoms. The minimum Gasteiger partial charge on any atom is -0.444 e. The summed E-state index contributed by atoms with van der Waals surface area (Å²) >= 11 is 0. The maximum Gasteiger partial charge on any atom is 0.416 e. The fourth-order valence-corrected chi connectivity index (χ4v) is 4.19. The van der Waals surface area contributed by atoms with Crippen LogP contribution in [-0.4, -0.2) is 65.8 Å². The van der Waals surface area contributed by atoms with Gasteiger partial charge in [0.05, 0.1) is 25.3 Å². The minimum absolute atomic E-state index is 0.0383. The number of ether oxygens (including phenoxy) is 3. The summed E-state index contributed by atoms with van der Waals surface area (Å²) in [6.07, 6.45) is -1.85. The molecule has 2 heterocycles. The molecule has 0 aromatic heterocycles. The lowest BCUT2D eigenvalue weighted by molar-refractivity contribution is -0.0688. The molecule has 1 saturated heterocycles. The topological polar surface area (TPSA) is 115 Å². The Morgan fingerprint density at radius 2 is 1.89 bits per heavy atom. The zero-order chi connectivity index (χ0) is 26.4. The Labute approximate surface area is 208 Å². The van der Waals surface area contributed by atoms with Crippen LogP contribution in [0.4, 0.5) is 24.5 Å². The molecule has 1 fully saturated rings. The van der Waals surface area contributed by atoms with Gasteiger partial charge >= 0.3 is 18.3 Å². The van der Waals surface area contributed by atoms with Crippen LogP contribution in [-0.2, 0) is 16.8 Å². The van der Waals surface area contributed by atoms with E-state index in [1.165, 1.54) is 32.9 Å². The number of carbonyl (C=O) groups excluding carboxylic acids is 3. The van der Waals surface area contributed by atoms with Gasteiger partial charge in [0.2, 0.25) is 0 Å². The van der Waals surface area contributed by atoms with Crippen LogP contribution in [0.25, 0.3) is 0 Å². The zero-order valence-corrected chi connectivity index (χ0v) is 20.8. The van der Waals surface area contributed by atoms with Gasteiger partial charge in [-0.2, -0.15) is 0 Å². The Morgan fingerprint density at radius 1 is 1.19 bits per heavy atom. The van der Waals surface area contributed by atoms with Crippen LogP contribution in [0, 0.1) is 5.82 Å². The lowest BCUT2D eigenvalue weighted by Crippen LogP contribution is -2.71.